The van der Waals surface area contributed by atoms with Gasteiger partial charge in [0.15, 0.2) is 5.96 Å². The first-order valence-electron chi connectivity index (χ1n) is 10.1. The second-order valence-corrected chi connectivity index (χ2v) is 7.35. The van der Waals surface area contributed by atoms with Gasteiger partial charge in [0, 0.05) is 31.7 Å². The molecule has 1 aliphatic carbocycles. The van der Waals surface area contributed by atoms with Gasteiger partial charge in [-0.15, -0.1) is 24.0 Å². The Morgan fingerprint density at radius 2 is 2.03 bits per heavy atom. The molecule has 2 fully saturated rings. The third-order valence-electron chi connectivity index (χ3n) is 5.43. The highest BCUT2D eigenvalue weighted by atomic mass is 127. The number of rotatable bonds is 7. The maximum Gasteiger partial charge on any atom is 0.387 e. The van der Waals surface area contributed by atoms with Crippen LogP contribution in [-0.2, 0) is 6.54 Å². The van der Waals surface area contributed by atoms with Crippen molar-refractivity contribution in [2.24, 2.45) is 4.99 Å². The molecule has 1 unspecified atom stereocenters. The number of alkyl halides is 2. The van der Waals surface area contributed by atoms with Gasteiger partial charge in [0.2, 0.25) is 0 Å². The van der Waals surface area contributed by atoms with Crippen molar-refractivity contribution in [3.63, 3.8) is 0 Å². The first-order chi connectivity index (χ1) is 13.6. The summed E-state index contributed by atoms with van der Waals surface area (Å²) in [4.78, 5) is 6.95. The van der Waals surface area contributed by atoms with E-state index < -0.39 is 12.4 Å². The van der Waals surface area contributed by atoms with Crippen molar-refractivity contribution in [2.45, 2.75) is 64.3 Å². The van der Waals surface area contributed by atoms with Crippen LogP contribution in [0.15, 0.2) is 23.2 Å². The molecule has 0 aromatic heterocycles. The molecular weight excluding hydrogens is 496 g/mol. The summed E-state index contributed by atoms with van der Waals surface area (Å²) in [5.74, 6) is -0.221. The summed E-state index contributed by atoms with van der Waals surface area (Å²) in [5.41, 5.74) is 0.0269. The molecule has 1 aromatic rings. The van der Waals surface area contributed by atoms with E-state index >= 15 is 0 Å². The van der Waals surface area contributed by atoms with Crippen LogP contribution in [0, 0.1) is 5.82 Å². The van der Waals surface area contributed by atoms with Gasteiger partial charge in [-0.1, -0.05) is 18.9 Å². The number of guanidine groups is 1. The molecule has 164 valence electrons. The second-order valence-electron chi connectivity index (χ2n) is 7.35. The molecule has 2 N–H and O–H groups in total. The fourth-order valence-corrected chi connectivity index (χ4v) is 4.08. The summed E-state index contributed by atoms with van der Waals surface area (Å²) < 4.78 is 43.7. The van der Waals surface area contributed by atoms with Crippen molar-refractivity contribution in [1.82, 2.24) is 15.5 Å². The molecule has 5 nitrogen and oxygen atoms in total. The number of nitrogens with one attached hydrogen (secondary N) is 2. The van der Waals surface area contributed by atoms with Crippen molar-refractivity contribution < 1.29 is 17.9 Å². The van der Waals surface area contributed by atoms with Crippen LogP contribution < -0.4 is 15.4 Å². The second kappa shape index (κ2) is 11.8. The Morgan fingerprint density at radius 3 is 2.72 bits per heavy atom. The maximum atomic E-state index is 14.1. The molecule has 0 amide bonds. The van der Waals surface area contributed by atoms with Gasteiger partial charge in [-0.05, 0) is 38.3 Å². The number of hydrogen-bond acceptors (Lipinski definition) is 3. The van der Waals surface area contributed by atoms with E-state index in [-0.39, 0.29) is 47.9 Å². The third kappa shape index (κ3) is 6.91. The van der Waals surface area contributed by atoms with Crippen LogP contribution in [0.2, 0.25) is 0 Å². The molecule has 29 heavy (non-hydrogen) atoms. The molecular formula is C20H30F3IN4O. The van der Waals surface area contributed by atoms with Gasteiger partial charge in [-0.25, -0.2) is 9.38 Å². The van der Waals surface area contributed by atoms with Gasteiger partial charge in [0.1, 0.15) is 11.6 Å². The van der Waals surface area contributed by atoms with Crippen LogP contribution in [0.25, 0.3) is 0 Å². The predicted molar refractivity (Wildman–Crippen MR) is 119 cm³/mol. The summed E-state index contributed by atoms with van der Waals surface area (Å²) in [6.45, 7) is 1.56. The molecule has 0 bridgehead atoms. The maximum absolute atomic E-state index is 14.1. The molecule has 1 saturated heterocycles. The van der Waals surface area contributed by atoms with Crippen LogP contribution in [0.4, 0.5) is 13.2 Å². The lowest BCUT2D eigenvalue weighted by molar-refractivity contribution is -0.0506. The quantitative estimate of drug-likeness (QED) is 0.319. The Balaban J connectivity index is 0.00000300. The molecule has 0 spiro atoms. The average molecular weight is 526 g/mol. The van der Waals surface area contributed by atoms with Crippen molar-refractivity contribution in [2.75, 3.05) is 19.6 Å². The fraction of sp³-hybridized carbons (Fsp3) is 0.650. The van der Waals surface area contributed by atoms with Gasteiger partial charge in [-0.3, -0.25) is 4.90 Å². The Kier molecular flexibility index (Phi) is 9.81. The number of aliphatic imine (C=N–C) groups is 1. The molecule has 1 atom stereocenters. The zero-order valence-electron chi connectivity index (χ0n) is 16.7. The minimum atomic E-state index is -3.00. The molecule has 1 saturated carbocycles. The minimum Gasteiger partial charge on any atom is -0.434 e. The first-order valence-corrected chi connectivity index (χ1v) is 10.1. The summed E-state index contributed by atoms with van der Waals surface area (Å²) in [6.07, 6.45) is 6.21. The number of nitrogens with zero attached hydrogens (tertiary/aromatic N) is 2. The number of benzene rings is 1. The van der Waals surface area contributed by atoms with Crippen molar-refractivity contribution in [3.8, 4) is 5.75 Å². The highest BCUT2D eigenvalue weighted by Gasteiger charge is 2.30. The minimum absolute atomic E-state index is 0. The molecule has 1 aromatic carbocycles. The average Bonchev–Trinajstić information content (AvgIpc) is 3.32. The number of ether oxygens (including phenoxy) is 1. The smallest absolute Gasteiger partial charge is 0.387 e. The summed E-state index contributed by atoms with van der Waals surface area (Å²) in [5, 5.41) is 6.56. The fourth-order valence-electron chi connectivity index (χ4n) is 4.08. The number of halogens is 4. The van der Waals surface area contributed by atoms with E-state index in [1.54, 1.807) is 0 Å². The topological polar surface area (TPSA) is 48.9 Å². The van der Waals surface area contributed by atoms with E-state index in [2.05, 4.69) is 25.3 Å². The standard InChI is InChI=1S/C20H29F3N4O.HI/c1-2-24-20(26-14-10-11-27(13-14)15-6-3-4-7-15)25-12-16-17(21)8-5-9-18(16)28-19(22)23;/h5,8-9,14-15,19H,2-4,6-7,10-13H2,1H3,(H2,24,25,26);1H. The predicted octanol–water partition coefficient (Wildman–Crippen LogP) is 4.12. The van der Waals surface area contributed by atoms with Gasteiger partial charge in [0.25, 0.3) is 0 Å². The van der Waals surface area contributed by atoms with Gasteiger partial charge < -0.3 is 15.4 Å². The van der Waals surface area contributed by atoms with E-state index in [0.29, 0.717) is 18.5 Å². The van der Waals surface area contributed by atoms with Gasteiger partial charge >= 0.3 is 6.61 Å². The van der Waals surface area contributed by atoms with Crippen LogP contribution in [0.5, 0.6) is 5.75 Å². The lowest BCUT2D eigenvalue weighted by Gasteiger charge is -2.24. The zero-order valence-corrected chi connectivity index (χ0v) is 19.0. The Morgan fingerprint density at radius 1 is 1.28 bits per heavy atom. The normalized spacial score (nSPS) is 20.7. The lowest BCUT2D eigenvalue weighted by Crippen LogP contribution is -2.45. The third-order valence-corrected chi connectivity index (χ3v) is 5.43. The van der Waals surface area contributed by atoms with E-state index in [9.17, 15) is 13.2 Å². The Labute approximate surface area is 187 Å². The highest BCUT2D eigenvalue weighted by molar-refractivity contribution is 14.0. The van der Waals surface area contributed by atoms with Crippen LogP contribution >= 0.6 is 24.0 Å². The number of likely N-dealkylation sites (tertiary alicyclic amines) is 1. The molecule has 1 aliphatic heterocycles. The molecule has 1 heterocycles. The summed E-state index contributed by atoms with van der Waals surface area (Å²) in [7, 11) is 0. The van der Waals surface area contributed by atoms with Gasteiger partial charge in [-0.2, -0.15) is 8.78 Å². The van der Waals surface area contributed by atoms with Crippen molar-refractivity contribution in [3.05, 3.63) is 29.6 Å². The monoisotopic (exact) mass is 526 g/mol. The van der Waals surface area contributed by atoms with Crippen molar-refractivity contribution in [1.29, 1.82) is 0 Å². The lowest BCUT2D eigenvalue weighted by atomic mass is 10.2. The van der Waals surface area contributed by atoms with Crippen molar-refractivity contribution >= 4 is 29.9 Å². The van der Waals surface area contributed by atoms with Gasteiger partial charge in [0.05, 0.1) is 12.1 Å². The number of hydrogen-bond donors (Lipinski definition) is 2. The largest absolute Gasteiger partial charge is 0.434 e. The molecule has 2 aliphatic rings. The molecule has 3 rings (SSSR count). The van der Waals surface area contributed by atoms with E-state index in [0.717, 1.165) is 19.5 Å². The van der Waals surface area contributed by atoms with E-state index in [1.807, 2.05) is 6.92 Å². The Hall–Kier alpha value is -1.23. The summed E-state index contributed by atoms with van der Waals surface area (Å²) in [6, 6.07) is 4.87. The van der Waals surface area contributed by atoms with E-state index in [1.165, 1.54) is 43.9 Å². The first kappa shape index (κ1) is 24.0. The Bertz CT molecular complexity index is 671. The van der Waals surface area contributed by atoms with E-state index in [4.69, 9.17) is 0 Å². The van der Waals surface area contributed by atoms with Crippen LogP contribution in [0.3, 0.4) is 0 Å². The summed E-state index contributed by atoms with van der Waals surface area (Å²) >= 11 is 0. The SMILES string of the molecule is CCNC(=NCc1c(F)cccc1OC(F)F)NC1CCN(C2CCCC2)C1.I. The zero-order chi connectivity index (χ0) is 19.9. The highest BCUT2D eigenvalue weighted by Crippen LogP contribution is 2.27. The van der Waals surface area contributed by atoms with Crippen LogP contribution in [-0.4, -0.2) is 49.2 Å². The van der Waals surface area contributed by atoms with Crippen LogP contribution in [0.1, 0.15) is 44.6 Å². The molecule has 0 radical (unpaired) electrons. The molecule has 9 heteroatoms.